The fourth-order valence-electron chi connectivity index (χ4n) is 1.22. The maximum Gasteiger partial charge on any atom is 0.354 e. The molecule has 0 aromatic heterocycles. The maximum atomic E-state index is 11.6. The van der Waals surface area contributed by atoms with Crippen molar-refractivity contribution in [2.24, 2.45) is 0 Å². The van der Waals surface area contributed by atoms with Crippen LogP contribution in [-0.2, 0) is 14.3 Å². The lowest BCUT2D eigenvalue weighted by Gasteiger charge is -2.11. The van der Waals surface area contributed by atoms with E-state index in [0.29, 0.717) is 5.56 Å². The zero-order valence-electron chi connectivity index (χ0n) is 8.35. The molecule has 1 aliphatic rings. The zero-order valence-corrected chi connectivity index (χ0v) is 9.86. The largest absolute Gasteiger partial charge is 0.416 e. The van der Waals surface area contributed by atoms with Crippen LogP contribution >= 0.6 is 23.2 Å². The van der Waals surface area contributed by atoms with Crippen molar-refractivity contribution in [2.75, 3.05) is 0 Å². The van der Waals surface area contributed by atoms with E-state index in [-0.39, 0.29) is 17.5 Å². The van der Waals surface area contributed by atoms with Gasteiger partial charge in [-0.1, -0.05) is 48.8 Å². The average Bonchev–Trinajstić information content (AvgIpc) is 2.58. The smallest absolute Gasteiger partial charge is 0.354 e. The number of ether oxygens (including phenoxy) is 2. The molecule has 0 fully saturated rings. The molecular weight excluding hydrogens is 279 g/mol. The Balaban J connectivity index is 0.00000162. The Morgan fingerprint density at radius 3 is 2.33 bits per heavy atom. The van der Waals surface area contributed by atoms with Gasteiger partial charge in [-0.25, -0.2) is 9.59 Å². The van der Waals surface area contributed by atoms with Gasteiger partial charge in [-0.05, 0) is 12.1 Å². The van der Waals surface area contributed by atoms with E-state index >= 15 is 0 Å². The Hall–Kier alpha value is -1.52. The molecule has 96 valence electrons. The summed E-state index contributed by atoms with van der Waals surface area (Å²) in [6.45, 7) is 0. The lowest BCUT2D eigenvalue weighted by molar-refractivity contribution is -0.151. The van der Waals surface area contributed by atoms with Crippen molar-refractivity contribution in [1.82, 2.24) is 0 Å². The van der Waals surface area contributed by atoms with E-state index in [4.69, 9.17) is 27.9 Å². The minimum absolute atomic E-state index is 0. The first-order valence-corrected chi connectivity index (χ1v) is 5.37. The first-order valence-electron chi connectivity index (χ1n) is 4.62. The molecule has 2 rings (SSSR count). The van der Waals surface area contributed by atoms with E-state index in [1.54, 1.807) is 30.3 Å². The minimum atomic E-state index is -1.26. The molecule has 0 aliphatic carbocycles. The summed E-state index contributed by atoms with van der Waals surface area (Å²) in [5.74, 6) is -1.45. The number of carbonyl (C=O) groups excluding carboxylic acids is 2. The summed E-state index contributed by atoms with van der Waals surface area (Å²) < 4.78 is 9.55. The van der Waals surface area contributed by atoms with Crippen molar-refractivity contribution in [3.63, 3.8) is 0 Å². The van der Waals surface area contributed by atoms with Crippen LogP contribution in [0.2, 0.25) is 0 Å². The van der Waals surface area contributed by atoms with Crippen molar-refractivity contribution < 1.29 is 19.1 Å². The van der Waals surface area contributed by atoms with Crippen LogP contribution < -0.4 is 0 Å². The van der Waals surface area contributed by atoms with Crippen LogP contribution in [0, 0.1) is 0 Å². The van der Waals surface area contributed by atoms with E-state index in [1.165, 1.54) is 0 Å². The standard InChI is InChI=1S/C11H6Cl2O4.CH4/c12-7-8(13)11(17-10(7)15)16-9(14)6-4-2-1-3-5-6;/h1-5,11H;1H4. The molecule has 18 heavy (non-hydrogen) atoms. The summed E-state index contributed by atoms with van der Waals surface area (Å²) in [6.07, 6.45) is -1.26. The van der Waals surface area contributed by atoms with Crippen molar-refractivity contribution in [1.29, 1.82) is 0 Å². The van der Waals surface area contributed by atoms with Gasteiger partial charge in [-0.15, -0.1) is 0 Å². The molecule has 1 aliphatic heterocycles. The second-order valence-electron chi connectivity index (χ2n) is 3.17. The lowest BCUT2D eigenvalue weighted by atomic mass is 10.2. The van der Waals surface area contributed by atoms with Crippen LogP contribution in [0.15, 0.2) is 40.4 Å². The molecule has 0 bridgehead atoms. The number of rotatable bonds is 2. The first kappa shape index (κ1) is 14.5. The molecule has 0 amide bonds. The highest BCUT2D eigenvalue weighted by Crippen LogP contribution is 2.29. The highest BCUT2D eigenvalue weighted by molar-refractivity contribution is 6.48. The van der Waals surface area contributed by atoms with Gasteiger partial charge >= 0.3 is 11.9 Å². The molecule has 1 aromatic carbocycles. The predicted octanol–water partition coefficient (Wildman–Crippen LogP) is 3.05. The summed E-state index contributed by atoms with van der Waals surface area (Å²) in [7, 11) is 0. The van der Waals surface area contributed by atoms with Crippen LogP contribution in [0.3, 0.4) is 0 Å². The van der Waals surface area contributed by atoms with Crippen LogP contribution in [-0.4, -0.2) is 18.2 Å². The van der Waals surface area contributed by atoms with E-state index in [1.807, 2.05) is 0 Å². The molecule has 1 unspecified atom stereocenters. The summed E-state index contributed by atoms with van der Waals surface area (Å²) in [5.41, 5.74) is 0.330. The van der Waals surface area contributed by atoms with Crippen LogP contribution in [0.25, 0.3) is 0 Å². The van der Waals surface area contributed by atoms with Gasteiger partial charge in [0.25, 0.3) is 6.29 Å². The van der Waals surface area contributed by atoms with E-state index in [0.717, 1.165) is 0 Å². The highest BCUT2D eigenvalue weighted by atomic mass is 35.5. The van der Waals surface area contributed by atoms with E-state index in [9.17, 15) is 9.59 Å². The summed E-state index contributed by atoms with van der Waals surface area (Å²) >= 11 is 11.2. The minimum Gasteiger partial charge on any atom is -0.416 e. The molecule has 0 saturated heterocycles. The van der Waals surface area contributed by atoms with E-state index < -0.39 is 18.2 Å². The molecule has 0 N–H and O–H groups in total. The number of benzene rings is 1. The summed E-state index contributed by atoms with van der Waals surface area (Å²) in [4.78, 5) is 22.6. The van der Waals surface area contributed by atoms with E-state index in [2.05, 4.69) is 4.74 Å². The topological polar surface area (TPSA) is 52.6 Å². The fraction of sp³-hybridized carbons (Fsp3) is 0.167. The molecule has 0 spiro atoms. The fourth-order valence-corrected chi connectivity index (χ4v) is 1.52. The predicted molar refractivity (Wildman–Crippen MR) is 67.2 cm³/mol. The van der Waals surface area contributed by atoms with Gasteiger partial charge < -0.3 is 9.47 Å². The van der Waals surface area contributed by atoms with Gasteiger partial charge in [0.15, 0.2) is 0 Å². The first-order chi connectivity index (χ1) is 8.09. The van der Waals surface area contributed by atoms with Crippen LogP contribution in [0.5, 0.6) is 0 Å². The van der Waals surface area contributed by atoms with Gasteiger partial charge in [0.2, 0.25) is 0 Å². The van der Waals surface area contributed by atoms with Crippen LogP contribution in [0.1, 0.15) is 17.8 Å². The molecule has 4 nitrogen and oxygen atoms in total. The van der Waals surface area contributed by atoms with Crippen molar-refractivity contribution in [3.05, 3.63) is 46.0 Å². The lowest BCUT2D eigenvalue weighted by Crippen LogP contribution is -2.19. The number of esters is 2. The Morgan fingerprint density at radius 1 is 1.22 bits per heavy atom. The highest BCUT2D eigenvalue weighted by Gasteiger charge is 2.35. The summed E-state index contributed by atoms with van der Waals surface area (Å²) in [6, 6.07) is 8.26. The average molecular weight is 289 g/mol. The molecule has 1 aromatic rings. The number of cyclic esters (lactones) is 1. The SMILES string of the molecule is C.O=C1OC(OC(=O)c2ccccc2)C(Cl)=C1Cl. The monoisotopic (exact) mass is 288 g/mol. The molecule has 0 radical (unpaired) electrons. The third-order valence-electron chi connectivity index (χ3n) is 2.03. The second kappa shape index (κ2) is 5.89. The third-order valence-corrected chi connectivity index (χ3v) is 2.86. The molecular formula is C12H10Cl2O4. The van der Waals surface area contributed by atoms with Gasteiger partial charge in [-0.2, -0.15) is 0 Å². The Labute approximate surface area is 114 Å². The van der Waals surface area contributed by atoms with Gasteiger partial charge in [0, 0.05) is 0 Å². The van der Waals surface area contributed by atoms with Gasteiger partial charge in [0.05, 0.1) is 5.56 Å². The molecule has 1 heterocycles. The zero-order chi connectivity index (χ0) is 12.4. The van der Waals surface area contributed by atoms with Crippen molar-refractivity contribution >= 4 is 35.1 Å². The number of halogens is 2. The van der Waals surface area contributed by atoms with Crippen LogP contribution in [0.4, 0.5) is 0 Å². The number of hydrogen-bond acceptors (Lipinski definition) is 4. The molecule has 6 heteroatoms. The molecule has 1 atom stereocenters. The van der Waals surface area contributed by atoms with Gasteiger partial charge in [0.1, 0.15) is 10.1 Å². The molecule has 0 saturated carbocycles. The Morgan fingerprint density at radius 2 is 1.83 bits per heavy atom. The quantitative estimate of drug-likeness (QED) is 0.785. The van der Waals surface area contributed by atoms with Gasteiger partial charge in [-0.3, -0.25) is 0 Å². The number of carbonyl (C=O) groups is 2. The summed E-state index contributed by atoms with van der Waals surface area (Å²) in [5, 5.41) is -0.390. The normalized spacial score (nSPS) is 18.1. The van der Waals surface area contributed by atoms with Crippen molar-refractivity contribution in [2.45, 2.75) is 13.7 Å². The Kier molecular flexibility index (Phi) is 4.76. The second-order valence-corrected chi connectivity index (χ2v) is 3.96. The maximum absolute atomic E-state index is 11.6. The Bertz CT molecular complexity index is 496. The third kappa shape index (κ3) is 2.83. The van der Waals surface area contributed by atoms with Crippen molar-refractivity contribution in [3.8, 4) is 0 Å². The number of hydrogen-bond donors (Lipinski definition) is 0.